The number of carbonyl (C=O) groups excluding carboxylic acids is 1. The van der Waals surface area contributed by atoms with E-state index in [0.29, 0.717) is 0 Å². The van der Waals surface area contributed by atoms with Crippen molar-refractivity contribution in [3.05, 3.63) is 47.5 Å². The van der Waals surface area contributed by atoms with E-state index in [1.165, 1.54) is 24.4 Å². The Labute approximate surface area is 139 Å². The third-order valence-electron chi connectivity index (χ3n) is 3.15. The minimum Gasteiger partial charge on any atom is -0.478 e. The molecule has 0 fully saturated rings. The van der Waals surface area contributed by atoms with Crippen molar-refractivity contribution in [2.24, 2.45) is 0 Å². The van der Waals surface area contributed by atoms with Gasteiger partial charge in [0.05, 0.1) is 12.8 Å². The quantitative estimate of drug-likeness (QED) is 0.823. The van der Waals surface area contributed by atoms with Crippen LogP contribution in [-0.2, 0) is 6.54 Å². The number of furan rings is 1. The summed E-state index contributed by atoms with van der Waals surface area (Å²) in [5.74, 6) is -2.51. The topological polar surface area (TPSA) is 102 Å². The summed E-state index contributed by atoms with van der Waals surface area (Å²) in [6, 6.07) is 3.81. The van der Waals surface area contributed by atoms with E-state index >= 15 is 0 Å². The first-order valence-corrected chi connectivity index (χ1v) is 6.96. The molecule has 0 aliphatic heterocycles. The molecule has 0 saturated carbocycles. The number of pyridine rings is 1. The molecule has 2 aromatic heterocycles. The van der Waals surface area contributed by atoms with E-state index in [9.17, 15) is 22.8 Å². The molecule has 25 heavy (non-hydrogen) atoms. The maximum absolute atomic E-state index is 12.6. The van der Waals surface area contributed by atoms with Gasteiger partial charge in [-0.15, -0.1) is 0 Å². The smallest absolute Gasteiger partial charge is 0.425 e. The lowest BCUT2D eigenvalue weighted by Gasteiger charge is -2.18. The van der Waals surface area contributed by atoms with Crippen LogP contribution in [0.25, 0.3) is 0 Å². The molecule has 2 heterocycles. The Hall–Kier alpha value is -3.04. The summed E-state index contributed by atoms with van der Waals surface area (Å²) >= 11 is 0. The predicted molar refractivity (Wildman–Crippen MR) is 77.2 cm³/mol. The fourth-order valence-corrected chi connectivity index (χ4v) is 1.82. The fourth-order valence-electron chi connectivity index (χ4n) is 1.82. The molecule has 1 atom stereocenters. The molecule has 0 bridgehead atoms. The van der Waals surface area contributed by atoms with Gasteiger partial charge in [-0.3, -0.25) is 4.79 Å². The minimum absolute atomic E-state index is 0.00383. The monoisotopic (exact) mass is 358 g/mol. The summed E-state index contributed by atoms with van der Waals surface area (Å²) in [4.78, 5) is 26.8. The highest BCUT2D eigenvalue weighted by atomic mass is 19.4. The van der Waals surface area contributed by atoms with E-state index in [-0.39, 0.29) is 23.4 Å². The first-order valence-electron chi connectivity index (χ1n) is 6.96. The highest BCUT2D eigenvalue weighted by Crippen LogP contribution is 2.25. The number of ether oxygens (including phenoxy) is 1. The number of carboxylic acid groups (broad SMARTS) is 1. The zero-order valence-corrected chi connectivity index (χ0v) is 12.8. The molecular formula is C15H13F3N2O5. The van der Waals surface area contributed by atoms with Gasteiger partial charge in [-0.25, -0.2) is 9.78 Å². The Bertz CT molecular complexity index is 773. The summed E-state index contributed by atoms with van der Waals surface area (Å²) < 4.78 is 47.5. The molecule has 0 saturated heterocycles. The normalized spacial score (nSPS) is 12.5. The Balaban J connectivity index is 2.12. The molecule has 134 valence electrons. The van der Waals surface area contributed by atoms with Crippen LogP contribution in [-0.4, -0.2) is 34.2 Å². The average Bonchev–Trinajstić information content (AvgIpc) is 3.01. The highest BCUT2D eigenvalue weighted by Gasteiger charge is 2.39. The van der Waals surface area contributed by atoms with Gasteiger partial charge >= 0.3 is 12.1 Å². The summed E-state index contributed by atoms with van der Waals surface area (Å²) in [6.07, 6.45) is -4.44. The summed E-state index contributed by atoms with van der Waals surface area (Å²) in [5.41, 5.74) is -0.351. The third kappa shape index (κ3) is 4.49. The number of nitrogens with zero attached hydrogens (tertiary/aromatic N) is 1. The van der Waals surface area contributed by atoms with Crippen molar-refractivity contribution in [3.63, 3.8) is 0 Å². The van der Waals surface area contributed by atoms with Crippen molar-refractivity contribution in [2.45, 2.75) is 25.7 Å². The zero-order chi connectivity index (χ0) is 18.6. The largest absolute Gasteiger partial charge is 0.478 e. The number of carboxylic acids is 1. The Morgan fingerprint density at radius 1 is 1.36 bits per heavy atom. The van der Waals surface area contributed by atoms with Gasteiger partial charge < -0.3 is 19.6 Å². The predicted octanol–water partition coefficient (Wildman–Crippen LogP) is 2.63. The first kappa shape index (κ1) is 18.3. The van der Waals surface area contributed by atoms with Crippen molar-refractivity contribution >= 4 is 11.9 Å². The van der Waals surface area contributed by atoms with Gasteiger partial charge in [0.25, 0.3) is 5.91 Å². The third-order valence-corrected chi connectivity index (χ3v) is 3.15. The van der Waals surface area contributed by atoms with Gasteiger partial charge in [0, 0.05) is 6.20 Å². The van der Waals surface area contributed by atoms with Crippen LogP contribution in [0.1, 0.15) is 33.4 Å². The molecule has 1 amide bonds. The number of amides is 1. The first-order chi connectivity index (χ1) is 11.7. The van der Waals surface area contributed by atoms with Crippen molar-refractivity contribution in [2.75, 3.05) is 0 Å². The average molecular weight is 358 g/mol. The Morgan fingerprint density at radius 3 is 2.72 bits per heavy atom. The molecule has 0 radical (unpaired) electrons. The van der Waals surface area contributed by atoms with E-state index in [1.807, 2.05) is 0 Å². The standard InChI is InChI=1S/C15H13F3N2O5/c1-8(15(16,17)18)25-13-10(3-2-5-19-13)12(21)20-7-11-9(14(22)23)4-6-24-11/h2-6,8H,7H2,1H3,(H,20,21)(H,22,23). The van der Waals surface area contributed by atoms with E-state index in [1.54, 1.807) is 0 Å². The van der Waals surface area contributed by atoms with Crippen LogP contribution >= 0.6 is 0 Å². The molecule has 10 heteroatoms. The van der Waals surface area contributed by atoms with E-state index in [2.05, 4.69) is 10.3 Å². The second kappa shape index (κ2) is 7.24. The van der Waals surface area contributed by atoms with Gasteiger partial charge in [0.2, 0.25) is 5.88 Å². The van der Waals surface area contributed by atoms with Gasteiger partial charge in [-0.2, -0.15) is 13.2 Å². The van der Waals surface area contributed by atoms with Crippen LogP contribution in [0.15, 0.2) is 35.1 Å². The molecule has 0 spiro atoms. The molecule has 2 N–H and O–H groups in total. The van der Waals surface area contributed by atoms with Gasteiger partial charge in [0.15, 0.2) is 6.10 Å². The second-order valence-corrected chi connectivity index (χ2v) is 4.90. The number of nitrogens with one attached hydrogen (secondary N) is 1. The maximum Gasteiger partial charge on any atom is 0.425 e. The lowest BCUT2D eigenvalue weighted by Crippen LogP contribution is -2.32. The number of halogens is 3. The van der Waals surface area contributed by atoms with E-state index in [4.69, 9.17) is 14.3 Å². The number of aromatic carboxylic acids is 1. The number of alkyl halides is 3. The summed E-state index contributed by atoms with van der Waals surface area (Å²) in [6.45, 7) is 0.523. The molecule has 0 aromatic carbocycles. The van der Waals surface area contributed by atoms with Crippen LogP contribution in [0.3, 0.4) is 0 Å². The molecular weight excluding hydrogens is 345 g/mol. The van der Waals surface area contributed by atoms with Crippen LogP contribution in [0.5, 0.6) is 5.88 Å². The summed E-state index contributed by atoms with van der Waals surface area (Å²) in [7, 11) is 0. The van der Waals surface area contributed by atoms with Crippen LogP contribution in [0.2, 0.25) is 0 Å². The number of aromatic nitrogens is 1. The van der Waals surface area contributed by atoms with Crippen LogP contribution in [0, 0.1) is 0 Å². The fraction of sp³-hybridized carbons (Fsp3) is 0.267. The number of hydrogen-bond acceptors (Lipinski definition) is 5. The Kier molecular flexibility index (Phi) is 5.30. The van der Waals surface area contributed by atoms with E-state index in [0.717, 1.165) is 13.2 Å². The Morgan fingerprint density at radius 2 is 2.08 bits per heavy atom. The molecule has 0 aliphatic rings. The molecule has 2 aromatic rings. The number of rotatable bonds is 6. The lowest BCUT2D eigenvalue weighted by atomic mass is 10.2. The van der Waals surface area contributed by atoms with Gasteiger partial charge in [-0.1, -0.05) is 0 Å². The van der Waals surface area contributed by atoms with Crippen molar-refractivity contribution in [1.82, 2.24) is 10.3 Å². The number of hydrogen-bond donors (Lipinski definition) is 2. The number of carbonyl (C=O) groups is 2. The SMILES string of the molecule is CC(Oc1ncccc1C(=O)NCc1occc1C(=O)O)C(F)(F)F. The second-order valence-electron chi connectivity index (χ2n) is 4.90. The van der Waals surface area contributed by atoms with Crippen molar-refractivity contribution < 1.29 is 37.0 Å². The molecule has 7 nitrogen and oxygen atoms in total. The van der Waals surface area contributed by atoms with Crippen molar-refractivity contribution in [1.29, 1.82) is 0 Å². The van der Waals surface area contributed by atoms with E-state index < -0.39 is 30.0 Å². The zero-order valence-electron chi connectivity index (χ0n) is 12.8. The highest BCUT2D eigenvalue weighted by molar-refractivity contribution is 5.96. The summed E-state index contributed by atoms with van der Waals surface area (Å²) in [5, 5.41) is 11.3. The van der Waals surface area contributed by atoms with Crippen LogP contribution < -0.4 is 10.1 Å². The minimum atomic E-state index is -4.62. The van der Waals surface area contributed by atoms with Crippen LogP contribution in [0.4, 0.5) is 13.2 Å². The van der Waals surface area contributed by atoms with Gasteiger partial charge in [0.1, 0.15) is 16.9 Å². The molecule has 0 aliphatic carbocycles. The lowest BCUT2D eigenvalue weighted by molar-refractivity contribution is -0.190. The van der Waals surface area contributed by atoms with Gasteiger partial charge in [-0.05, 0) is 25.1 Å². The molecule has 1 unspecified atom stereocenters. The molecule has 2 rings (SSSR count). The maximum atomic E-state index is 12.6. The van der Waals surface area contributed by atoms with Crippen molar-refractivity contribution in [3.8, 4) is 5.88 Å².